The number of amides is 2. The van der Waals surface area contributed by atoms with Crippen LogP contribution in [0, 0.1) is 20.8 Å². The van der Waals surface area contributed by atoms with Gasteiger partial charge in [-0.15, -0.1) is 0 Å². The van der Waals surface area contributed by atoms with Crippen molar-refractivity contribution in [3.05, 3.63) is 59.2 Å². The van der Waals surface area contributed by atoms with Crippen molar-refractivity contribution in [3.8, 4) is 0 Å². The smallest absolute Gasteiger partial charge is 0.242 e. The number of carbonyl (C=O) groups excluding carboxylic acids is 2. The van der Waals surface area contributed by atoms with Gasteiger partial charge < -0.3 is 10.1 Å². The Balaban J connectivity index is 1.80. The Kier molecular flexibility index (Phi) is 7.29. The van der Waals surface area contributed by atoms with Gasteiger partial charge in [0, 0.05) is 19.2 Å². The Morgan fingerprint density at radius 3 is 2.43 bits per heavy atom. The second-order valence-corrected chi connectivity index (χ2v) is 8.46. The molecule has 7 heteroatoms. The summed E-state index contributed by atoms with van der Waals surface area (Å²) in [6.07, 6.45) is 0.0904. The number of anilines is 1. The van der Waals surface area contributed by atoms with Crippen LogP contribution in [0.5, 0.6) is 0 Å². The molecule has 1 saturated heterocycles. The monoisotopic (exact) mass is 425 g/mol. The molecule has 1 aliphatic heterocycles. The number of para-hydroxylation sites is 2. The van der Waals surface area contributed by atoms with Crippen molar-refractivity contribution < 1.29 is 14.3 Å². The van der Waals surface area contributed by atoms with Gasteiger partial charge in [-0.2, -0.15) is 0 Å². The second kappa shape index (κ2) is 9.91. The minimum atomic E-state index is -0.506. The van der Waals surface area contributed by atoms with Gasteiger partial charge in [-0.3, -0.25) is 14.5 Å². The number of aliphatic imine (C=N–C) groups is 1. The molecule has 2 aromatic carbocycles. The molecular weight excluding hydrogens is 398 g/mol. The summed E-state index contributed by atoms with van der Waals surface area (Å²) in [4.78, 5) is 32.1. The van der Waals surface area contributed by atoms with Crippen molar-refractivity contribution in [1.82, 2.24) is 4.90 Å². The lowest BCUT2D eigenvalue weighted by molar-refractivity contribution is -0.128. The van der Waals surface area contributed by atoms with E-state index in [-0.39, 0.29) is 18.2 Å². The van der Waals surface area contributed by atoms with Crippen molar-refractivity contribution in [2.45, 2.75) is 32.4 Å². The minimum absolute atomic E-state index is 0.0904. The fraction of sp³-hybridized carbons (Fsp3) is 0.348. The number of rotatable bonds is 7. The van der Waals surface area contributed by atoms with Gasteiger partial charge >= 0.3 is 0 Å². The molecule has 1 atom stereocenters. The molecule has 2 amide bonds. The summed E-state index contributed by atoms with van der Waals surface area (Å²) in [5.41, 5.74) is 4.69. The Hall–Kier alpha value is -2.64. The highest BCUT2D eigenvalue weighted by Crippen LogP contribution is 2.33. The highest BCUT2D eigenvalue weighted by molar-refractivity contribution is 8.15. The normalized spacial score (nSPS) is 17.6. The van der Waals surface area contributed by atoms with Crippen molar-refractivity contribution in [3.63, 3.8) is 0 Å². The van der Waals surface area contributed by atoms with Gasteiger partial charge in [0.15, 0.2) is 5.17 Å². The molecule has 3 rings (SSSR count). The number of benzene rings is 2. The molecule has 1 N–H and O–H groups in total. The van der Waals surface area contributed by atoms with Gasteiger partial charge in [0.1, 0.15) is 5.25 Å². The number of amidine groups is 1. The molecule has 2 aromatic rings. The SMILES string of the molecule is COCCN1C(=O)[C@@H](CC(=O)Nc2ccccc2C)SC1=Nc1c(C)cccc1C. The van der Waals surface area contributed by atoms with Crippen LogP contribution in [0.2, 0.25) is 0 Å². The van der Waals surface area contributed by atoms with Crippen LogP contribution in [0.15, 0.2) is 47.5 Å². The summed E-state index contributed by atoms with van der Waals surface area (Å²) in [6, 6.07) is 13.6. The molecule has 0 saturated carbocycles. The molecule has 1 fully saturated rings. The van der Waals surface area contributed by atoms with E-state index in [1.165, 1.54) is 11.8 Å². The lowest BCUT2D eigenvalue weighted by Crippen LogP contribution is -2.35. The fourth-order valence-electron chi connectivity index (χ4n) is 3.27. The number of methoxy groups -OCH3 is 1. The number of nitrogens with one attached hydrogen (secondary N) is 1. The van der Waals surface area contributed by atoms with E-state index in [0.29, 0.717) is 18.3 Å². The van der Waals surface area contributed by atoms with Crippen LogP contribution >= 0.6 is 11.8 Å². The molecule has 6 nitrogen and oxygen atoms in total. The van der Waals surface area contributed by atoms with E-state index in [0.717, 1.165) is 28.1 Å². The van der Waals surface area contributed by atoms with E-state index in [9.17, 15) is 9.59 Å². The zero-order valence-electron chi connectivity index (χ0n) is 17.8. The molecule has 158 valence electrons. The number of hydrogen-bond acceptors (Lipinski definition) is 5. The van der Waals surface area contributed by atoms with Gasteiger partial charge in [-0.05, 0) is 43.5 Å². The Bertz CT molecular complexity index is 954. The first-order valence-electron chi connectivity index (χ1n) is 9.88. The number of hydrogen-bond donors (Lipinski definition) is 1. The fourth-order valence-corrected chi connectivity index (χ4v) is 4.44. The standard InChI is InChI=1S/C23H27N3O3S/c1-15-8-5-6-11-18(15)24-20(27)14-19-22(28)26(12-13-29-4)23(30-19)25-21-16(2)9-7-10-17(21)3/h5-11,19H,12-14H2,1-4H3,(H,24,27)/t19-/m1/s1. The maximum Gasteiger partial charge on any atom is 0.242 e. The van der Waals surface area contributed by atoms with Crippen LogP contribution in [0.3, 0.4) is 0 Å². The van der Waals surface area contributed by atoms with Gasteiger partial charge in [0.2, 0.25) is 11.8 Å². The molecular formula is C23H27N3O3S. The van der Waals surface area contributed by atoms with Crippen molar-refractivity contribution >= 4 is 40.1 Å². The molecule has 1 aliphatic rings. The summed E-state index contributed by atoms with van der Waals surface area (Å²) in [5.74, 6) is -0.294. The molecule has 0 aromatic heterocycles. The van der Waals surface area contributed by atoms with Crippen molar-refractivity contribution in [2.24, 2.45) is 4.99 Å². The molecule has 0 spiro atoms. The van der Waals surface area contributed by atoms with E-state index >= 15 is 0 Å². The first-order chi connectivity index (χ1) is 14.4. The third kappa shape index (κ3) is 5.09. The van der Waals surface area contributed by atoms with Crippen molar-refractivity contribution in [1.29, 1.82) is 0 Å². The predicted molar refractivity (Wildman–Crippen MR) is 122 cm³/mol. The number of nitrogens with zero attached hydrogens (tertiary/aromatic N) is 2. The minimum Gasteiger partial charge on any atom is -0.383 e. The van der Waals surface area contributed by atoms with E-state index in [4.69, 9.17) is 9.73 Å². The summed E-state index contributed by atoms with van der Waals surface area (Å²) in [5, 5.41) is 3.02. The Morgan fingerprint density at radius 2 is 1.77 bits per heavy atom. The van der Waals surface area contributed by atoms with Crippen LogP contribution < -0.4 is 5.32 Å². The number of aryl methyl sites for hydroxylation is 3. The lowest BCUT2D eigenvalue weighted by Gasteiger charge is -2.16. The Labute approximate surface area is 181 Å². The van der Waals surface area contributed by atoms with Crippen molar-refractivity contribution in [2.75, 3.05) is 25.6 Å². The lowest BCUT2D eigenvalue weighted by atomic mass is 10.1. The van der Waals surface area contributed by atoms with Crippen LogP contribution in [0.25, 0.3) is 0 Å². The maximum absolute atomic E-state index is 13.0. The van der Waals surface area contributed by atoms with Gasteiger partial charge in [-0.1, -0.05) is 48.2 Å². The molecule has 0 aliphatic carbocycles. The number of carbonyl (C=O) groups is 2. The van der Waals surface area contributed by atoms with E-state index in [2.05, 4.69) is 5.32 Å². The average Bonchev–Trinajstić information content (AvgIpc) is 2.99. The van der Waals surface area contributed by atoms with Crippen LogP contribution in [0.4, 0.5) is 11.4 Å². The highest BCUT2D eigenvalue weighted by Gasteiger charge is 2.39. The number of ether oxygens (including phenoxy) is 1. The van der Waals surface area contributed by atoms with E-state index < -0.39 is 5.25 Å². The van der Waals surface area contributed by atoms with Gasteiger partial charge in [0.05, 0.1) is 18.8 Å². The quantitative estimate of drug-likeness (QED) is 0.721. The molecule has 0 radical (unpaired) electrons. The first-order valence-corrected chi connectivity index (χ1v) is 10.8. The summed E-state index contributed by atoms with van der Waals surface area (Å²) >= 11 is 1.34. The third-order valence-corrected chi connectivity index (χ3v) is 6.15. The third-order valence-electron chi connectivity index (χ3n) is 4.98. The Morgan fingerprint density at radius 1 is 1.10 bits per heavy atom. The number of thioether (sulfide) groups is 1. The summed E-state index contributed by atoms with van der Waals surface area (Å²) in [6.45, 7) is 6.75. The van der Waals surface area contributed by atoms with Crippen LogP contribution in [-0.4, -0.2) is 47.4 Å². The predicted octanol–water partition coefficient (Wildman–Crippen LogP) is 4.22. The molecule has 30 heavy (non-hydrogen) atoms. The van der Waals surface area contributed by atoms with E-state index in [1.54, 1.807) is 12.0 Å². The van der Waals surface area contributed by atoms with Gasteiger partial charge in [-0.25, -0.2) is 4.99 Å². The molecule has 1 heterocycles. The maximum atomic E-state index is 13.0. The first kappa shape index (κ1) is 22.1. The second-order valence-electron chi connectivity index (χ2n) is 7.29. The molecule has 0 bridgehead atoms. The topological polar surface area (TPSA) is 71.0 Å². The van der Waals surface area contributed by atoms with E-state index in [1.807, 2.05) is 63.2 Å². The molecule has 0 unspecified atom stereocenters. The average molecular weight is 426 g/mol. The summed E-state index contributed by atoms with van der Waals surface area (Å²) < 4.78 is 5.17. The highest BCUT2D eigenvalue weighted by atomic mass is 32.2. The van der Waals surface area contributed by atoms with Gasteiger partial charge in [0.25, 0.3) is 0 Å². The van der Waals surface area contributed by atoms with Crippen LogP contribution in [0.1, 0.15) is 23.1 Å². The van der Waals surface area contributed by atoms with Crippen LogP contribution in [-0.2, 0) is 14.3 Å². The summed E-state index contributed by atoms with van der Waals surface area (Å²) in [7, 11) is 1.60. The zero-order valence-corrected chi connectivity index (χ0v) is 18.6. The zero-order chi connectivity index (χ0) is 21.7. The largest absolute Gasteiger partial charge is 0.383 e.